The number of esters is 1. The molecule has 5 nitrogen and oxygen atoms in total. The number of carbonyl (C=O) groups is 2. The average Bonchev–Trinajstić information content (AvgIpc) is 2.74. The zero-order valence-corrected chi connectivity index (χ0v) is 16.0. The van der Waals surface area contributed by atoms with Gasteiger partial charge in [0.25, 0.3) is 5.91 Å². The standard InChI is InChI=1S/C22H17ClFNO4/c23-16-10-11-18(24)19(12-16)25-21(26)14-29-22(27)17-8-4-5-9-20(17)28-13-15-6-2-1-3-7-15/h1-12H,13-14H2,(H,25,26). The van der Waals surface area contributed by atoms with Gasteiger partial charge in [0.1, 0.15) is 23.7 Å². The van der Waals surface area contributed by atoms with Gasteiger partial charge in [0.2, 0.25) is 0 Å². The predicted octanol–water partition coefficient (Wildman–Crippen LogP) is 4.85. The molecule has 148 valence electrons. The van der Waals surface area contributed by atoms with Gasteiger partial charge in [-0.15, -0.1) is 0 Å². The Labute approximate surface area is 172 Å². The highest BCUT2D eigenvalue weighted by atomic mass is 35.5. The highest BCUT2D eigenvalue weighted by molar-refractivity contribution is 6.30. The van der Waals surface area contributed by atoms with Crippen molar-refractivity contribution >= 4 is 29.2 Å². The lowest BCUT2D eigenvalue weighted by Crippen LogP contribution is -2.21. The Morgan fingerprint density at radius 1 is 0.966 bits per heavy atom. The SMILES string of the molecule is O=C(COC(=O)c1ccccc1OCc1ccccc1)Nc1cc(Cl)ccc1F. The third kappa shape index (κ3) is 5.80. The molecule has 3 rings (SSSR count). The molecule has 1 amide bonds. The Kier molecular flexibility index (Phi) is 6.81. The molecule has 0 fully saturated rings. The topological polar surface area (TPSA) is 64.6 Å². The molecule has 7 heteroatoms. The average molecular weight is 414 g/mol. The lowest BCUT2D eigenvalue weighted by atomic mass is 10.2. The Morgan fingerprint density at radius 2 is 1.69 bits per heavy atom. The van der Waals surface area contributed by atoms with Gasteiger partial charge in [0.15, 0.2) is 6.61 Å². The van der Waals surface area contributed by atoms with E-state index in [2.05, 4.69) is 5.32 Å². The lowest BCUT2D eigenvalue weighted by molar-refractivity contribution is -0.119. The van der Waals surface area contributed by atoms with Crippen LogP contribution in [0.25, 0.3) is 0 Å². The van der Waals surface area contributed by atoms with Gasteiger partial charge in [-0.1, -0.05) is 54.1 Å². The monoisotopic (exact) mass is 413 g/mol. The summed E-state index contributed by atoms with van der Waals surface area (Å²) in [5.74, 6) is -1.73. The molecule has 0 radical (unpaired) electrons. The van der Waals surface area contributed by atoms with Crippen molar-refractivity contribution in [1.82, 2.24) is 0 Å². The van der Waals surface area contributed by atoms with Crippen LogP contribution in [-0.4, -0.2) is 18.5 Å². The van der Waals surface area contributed by atoms with Gasteiger partial charge in [-0.05, 0) is 35.9 Å². The molecule has 0 spiro atoms. The molecule has 0 aliphatic carbocycles. The van der Waals surface area contributed by atoms with E-state index in [1.54, 1.807) is 18.2 Å². The minimum atomic E-state index is -0.727. The maximum Gasteiger partial charge on any atom is 0.342 e. The molecule has 0 aromatic heterocycles. The van der Waals surface area contributed by atoms with Crippen molar-refractivity contribution in [2.45, 2.75) is 6.61 Å². The van der Waals surface area contributed by atoms with Crippen molar-refractivity contribution in [3.05, 3.63) is 94.8 Å². The first kappa shape index (κ1) is 20.4. The van der Waals surface area contributed by atoms with Gasteiger partial charge < -0.3 is 14.8 Å². The molecular formula is C22H17ClFNO4. The number of para-hydroxylation sites is 1. The van der Waals surface area contributed by atoms with Gasteiger partial charge >= 0.3 is 5.97 Å². The number of anilines is 1. The quantitative estimate of drug-likeness (QED) is 0.562. The molecule has 1 N–H and O–H groups in total. The van der Waals surface area contributed by atoms with Crippen LogP contribution in [0.2, 0.25) is 5.02 Å². The third-order valence-electron chi connectivity index (χ3n) is 3.88. The minimum absolute atomic E-state index is 0.0925. The van der Waals surface area contributed by atoms with Gasteiger partial charge in [0.05, 0.1) is 5.69 Å². The Hall–Kier alpha value is -3.38. The number of benzene rings is 3. The fourth-order valence-corrected chi connectivity index (χ4v) is 2.66. The van der Waals surface area contributed by atoms with Gasteiger partial charge in [-0.25, -0.2) is 9.18 Å². The molecule has 0 unspecified atom stereocenters. The second-order valence-electron chi connectivity index (χ2n) is 6.02. The number of halogens is 2. The van der Waals surface area contributed by atoms with Crippen LogP contribution in [0, 0.1) is 5.82 Å². The van der Waals surface area contributed by atoms with Crippen LogP contribution in [0.3, 0.4) is 0 Å². The summed E-state index contributed by atoms with van der Waals surface area (Å²) in [6, 6.07) is 19.8. The van der Waals surface area contributed by atoms with E-state index in [9.17, 15) is 14.0 Å². The lowest BCUT2D eigenvalue weighted by Gasteiger charge is -2.12. The van der Waals surface area contributed by atoms with Crippen LogP contribution < -0.4 is 10.1 Å². The summed E-state index contributed by atoms with van der Waals surface area (Å²) in [7, 11) is 0. The molecule has 0 aliphatic heterocycles. The fourth-order valence-electron chi connectivity index (χ4n) is 2.48. The van der Waals surface area contributed by atoms with Crippen LogP contribution in [0.1, 0.15) is 15.9 Å². The maximum atomic E-state index is 13.7. The van der Waals surface area contributed by atoms with Crippen LogP contribution in [0.15, 0.2) is 72.8 Å². The van der Waals surface area contributed by atoms with Crippen molar-refractivity contribution in [2.75, 3.05) is 11.9 Å². The van der Waals surface area contributed by atoms with Crippen LogP contribution in [-0.2, 0) is 16.1 Å². The largest absolute Gasteiger partial charge is 0.488 e. The minimum Gasteiger partial charge on any atom is -0.488 e. The number of carbonyl (C=O) groups excluding carboxylic acids is 2. The molecule has 0 atom stereocenters. The van der Waals surface area contributed by atoms with E-state index in [0.29, 0.717) is 5.75 Å². The smallest absolute Gasteiger partial charge is 0.342 e. The molecule has 3 aromatic rings. The van der Waals surface area contributed by atoms with E-state index >= 15 is 0 Å². The van der Waals surface area contributed by atoms with Crippen molar-refractivity contribution in [1.29, 1.82) is 0 Å². The maximum absolute atomic E-state index is 13.7. The first-order chi connectivity index (χ1) is 14.0. The van der Waals surface area contributed by atoms with Gasteiger partial charge in [-0.3, -0.25) is 4.79 Å². The summed E-state index contributed by atoms with van der Waals surface area (Å²) in [4.78, 5) is 24.4. The number of ether oxygens (including phenoxy) is 2. The number of hydrogen-bond donors (Lipinski definition) is 1. The van der Waals surface area contributed by atoms with Crippen molar-refractivity contribution in [3.63, 3.8) is 0 Å². The first-order valence-electron chi connectivity index (χ1n) is 8.70. The normalized spacial score (nSPS) is 10.3. The molecule has 29 heavy (non-hydrogen) atoms. The Balaban J connectivity index is 1.59. The summed E-state index contributed by atoms with van der Waals surface area (Å²) in [6.45, 7) is -0.308. The van der Waals surface area contributed by atoms with Crippen molar-refractivity contribution in [2.24, 2.45) is 0 Å². The molecule has 0 saturated heterocycles. The summed E-state index contributed by atoms with van der Waals surface area (Å²) in [5.41, 5.74) is 1.04. The zero-order chi connectivity index (χ0) is 20.6. The van der Waals surface area contributed by atoms with E-state index in [0.717, 1.165) is 11.6 Å². The van der Waals surface area contributed by atoms with Crippen LogP contribution >= 0.6 is 11.6 Å². The number of amides is 1. The summed E-state index contributed by atoms with van der Waals surface area (Å²) >= 11 is 5.78. The van der Waals surface area contributed by atoms with E-state index in [1.165, 1.54) is 18.2 Å². The molecule has 0 saturated carbocycles. The second kappa shape index (κ2) is 9.71. The zero-order valence-electron chi connectivity index (χ0n) is 15.2. The second-order valence-corrected chi connectivity index (χ2v) is 6.46. The summed E-state index contributed by atoms with van der Waals surface area (Å²) in [5, 5.41) is 2.58. The first-order valence-corrected chi connectivity index (χ1v) is 9.08. The molecular weight excluding hydrogens is 397 g/mol. The summed E-state index contributed by atoms with van der Waals surface area (Å²) in [6.07, 6.45) is 0. The number of hydrogen-bond acceptors (Lipinski definition) is 4. The molecule has 0 heterocycles. The van der Waals surface area contributed by atoms with Crippen molar-refractivity contribution < 1.29 is 23.5 Å². The molecule has 3 aromatic carbocycles. The highest BCUT2D eigenvalue weighted by Crippen LogP contribution is 2.21. The number of nitrogens with one attached hydrogen (secondary N) is 1. The van der Waals surface area contributed by atoms with Crippen LogP contribution in [0.5, 0.6) is 5.75 Å². The molecule has 0 aliphatic rings. The van der Waals surface area contributed by atoms with E-state index in [-0.39, 0.29) is 22.9 Å². The Morgan fingerprint density at radius 3 is 2.48 bits per heavy atom. The number of rotatable bonds is 7. The van der Waals surface area contributed by atoms with Crippen LogP contribution in [0.4, 0.5) is 10.1 Å². The highest BCUT2D eigenvalue weighted by Gasteiger charge is 2.16. The predicted molar refractivity (Wildman–Crippen MR) is 108 cm³/mol. The van der Waals surface area contributed by atoms with Gasteiger partial charge in [-0.2, -0.15) is 0 Å². The van der Waals surface area contributed by atoms with E-state index < -0.39 is 24.3 Å². The third-order valence-corrected chi connectivity index (χ3v) is 4.12. The molecule has 0 bridgehead atoms. The van der Waals surface area contributed by atoms with Gasteiger partial charge in [0, 0.05) is 5.02 Å². The van der Waals surface area contributed by atoms with E-state index in [1.807, 2.05) is 30.3 Å². The Bertz CT molecular complexity index is 1010. The summed E-state index contributed by atoms with van der Waals surface area (Å²) < 4.78 is 24.4. The van der Waals surface area contributed by atoms with Crippen molar-refractivity contribution in [3.8, 4) is 5.75 Å². The van der Waals surface area contributed by atoms with E-state index in [4.69, 9.17) is 21.1 Å². The fraction of sp³-hybridized carbons (Fsp3) is 0.0909.